The van der Waals surface area contributed by atoms with E-state index in [0.29, 0.717) is 17.7 Å². The van der Waals surface area contributed by atoms with Crippen LogP contribution < -0.4 is 9.80 Å². The lowest BCUT2D eigenvalue weighted by Crippen LogP contribution is -2.24. The molecule has 0 bridgehead atoms. The number of para-hydroxylation sites is 4. The first kappa shape index (κ1) is 27.4. The number of nitrogens with zero attached hydrogens (tertiary/aromatic N) is 9. The molecule has 0 saturated carbocycles. The fourth-order valence-electron chi connectivity index (χ4n) is 8.30. The van der Waals surface area contributed by atoms with Crippen molar-refractivity contribution < 1.29 is 0 Å². The summed E-state index contributed by atoms with van der Waals surface area (Å²) < 4.78 is 4.67. The molecular formula is C43H25N9. The Balaban J connectivity index is 1.18. The van der Waals surface area contributed by atoms with Crippen molar-refractivity contribution in [1.82, 2.24) is 34.1 Å². The first-order valence-corrected chi connectivity index (χ1v) is 17.2. The molecule has 5 aromatic heterocycles. The third-order valence-electron chi connectivity index (χ3n) is 10.4. The number of fused-ring (bicyclic) bond motifs is 10. The average Bonchev–Trinajstić information content (AvgIpc) is 3.74. The molecule has 0 saturated heterocycles. The van der Waals surface area contributed by atoms with Gasteiger partial charge in [-0.1, -0.05) is 91.0 Å². The number of hydrogen-bond acceptors (Lipinski definition) is 7. The highest BCUT2D eigenvalue weighted by atomic mass is 15.4. The number of hydrogen-bond donors (Lipinski definition) is 0. The maximum absolute atomic E-state index is 5.39. The van der Waals surface area contributed by atoms with Gasteiger partial charge in [0.05, 0.1) is 68.6 Å². The minimum Gasteiger partial charge on any atom is -0.305 e. The molecule has 0 aliphatic carbocycles. The van der Waals surface area contributed by atoms with Gasteiger partial charge in [-0.3, -0.25) is 19.8 Å². The number of pyridine rings is 2. The molecule has 9 nitrogen and oxygen atoms in total. The summed E-state index contributed by atoms with van der Waals surface area (Å²) in [7, 11) is 0. The summed E-state index contributed by atoms with van der Waals surface area (Å²) in [5.74, 6) is 1.55. The number of anilines is 6. The van der Waals surface area contributed by atoms with Gasteiger partial charge in [-0.05, 0) is 36.4 Å². The highest BCUT2D eigenvalue weighted by Gasteiger charge is 2.34. The molecule has 2 aliphatic heterocycles. The van der Waals surface area contributed by atoms with Crippen LogP contribution >= 0.6 is 0 Å². The van der Waals surface area contributed by atoms with E-state index in [9.17, 15) is 0 Å². The van der Waals surface area contributed by atoms with Gasteiger partial charge in [-0.25, -0.2) is 0 Å². The Kier molecular flexibility index (Phi) is 5.32. The number of benzene rings is 5. The van der Waals surface area contributed by atoms with Crippen LogP contribution in [0.5, 0.6) is 0 Å². The van der Waals surface area contributed by atoms with Crippen molar-refractivity contribution in [1.29, 1.82) is 0 Å². The van der Waals surface area contributed by atoms with Crippen LogP contribution in [0.4, 0.5) is 34.6 Å². The minimum absolute atomic E-state index is 0.492. The monoisotopic (exact) mass is 667 g/mol. The summed E-state index contributed by atoms with van der Waals surface area (Å²) >= 11 is 0. The van der Waals surface area contributed by atoms with Crippen molar-refractivity contribution >= 4 is 78.3 Å². The van der Waals surface area contributed by atoms with E-state index in [-0.39, 0.29) is 0 Å². The number of aromatic nitrogens is 7. The van der Waals surface area contributed by atoms with Gasteiger partial charge in [-0.15, -0.1) is 0 Å². The van der Waals surface area contributed by atoms with Crippen molar-refractivity contribution in [2.24, 2.45) is 0 Å². The van der Waals surface area contributed by atoms with E-state index in [1.807, 2.05) is 55.1 Å². The summed E-state index contributed by atoms with van der Waals surface area (Å²) in [4.78, 5) is 29.4. The fraction of sp³-hybridized carbons (Fsp3) is 0. The zero-order valence-electron chi connectivity index (χ0n) is 27.5. The lowest BCUT2D eigenvalue weighted by Gasteiger charge is -2.33. The molecule has 242 valence electrons. The van der Waals surface area contributed by atoms with Gasteiger partial charge in [0.25, 0.3) is 0 Å². The largest absolute Gasteiger partial charge is 0.305 e. The standard InChI is InChI=1S/C43H25N9/c1-2-10-26(11-3-1)41-46-42(51-35-18-8-14-29-27-12-4-6-16-31(27)49(39(29)35)33-20-22-44-24-37(33)51)48-43(47-41)52-36-19-9-15-30-28-13-5-7-17-32(28)50(40(30)36)34-21-23-45-25-38(34)52/h1-25H. The lowest BCUT2D eigenvalue weighted by molar-refractivity contribution is 0.963. The highest BCUT2D eigenvalue weighted by molar-refractivity contribution is 6.17. The van der Waals surface area contributed by atoms with Crippen LogP contribution in [-0.4, -0.2) is 34.1 Å². The molecule has 9 heteroatoms. The molecule has 12 rings (SSSR count). The van der Waals surface area contributed by atoms with E-state index in [0.717, 1.165) is 72.5 Å². The van der Waals surface area contributed by atoms with Gasteiger partial charge >= 0.3 is 0 Å². The van der Waals surface area contributed by atoms with Crippen LogP contribution in [0.25, 0.3) is 66.4 Å². The Morgan fingerprint density at radius 1 is 0.365 bits per heavy atom. The predicted octanol–water partition coefficient (Wildman–Crippen LogP) is 10.1. The summed E-state index contributed by atoms with van der Waals surface area (Å²) in [5, 5.41) is 4.69. The second-order valence-corrected chi connectivity index (χ2v) is 13.1. The van der Waals surface area contributed by atoms with Gasteiger partial charge in [0.1, 0.15) is 0 Å². The third kappa shape index (κ3) is 3.53. The maximum Gasteiger partial charge on any atom is 0.240 e. The second-order valence-electron chi connectivity index (χ2n) is 13.1. The van der Waals surface area contributed by atoms with Crippen LogP contribution in [0, 0.1) is 0 Å². The summed E-state index contributed by atoms with van der Waals surface area (Å²) in [6.45, 7) is 0. The molecule has 0 N–H and O–H groups in total. The van der Waals surface area contributed by atoms with Crippen molar-refractivity contribution in [2.75, 3.05) is 9.80 Å². The van der Waals surface area contributed by atoms with Crippen LogP contribution in [0.3, 0.4) is 0 Å². The Labute approximate surface area is 296 Å². The Bertz CT molecular complexity index is 2920. The highest BCUT2D eigenvalue weighted by Crippen LogP contribution is 2.51. The Hall–Kier alpha value is -7.39. The molecule has 0 fully saturated rings. The second kappa shape index (κ2) is 10.1. The third-order valence-corrected chi connectivity index (χ3v) is 10.4. The van der Waals surface area contributed by atoms with Gasteiger partial charge in [0.15, 0.2) is 5.82 Å². The van der Waals surface area contributed by atoms with E-state index in [4.69, 9.17) is 15.0 Å². The predicted molar refractivity (Wildman–Crippen MR) is 206 cm³/mol. The van der Waals surface area contributed by atoms with E-state index < -0.39 is 0 Å². The molecule has 0 spiro atoms. The smallest absolute Gasteiger partial charge is 0.240 e. The minimum atomic E-state index is 0.492. The molecule has 5 aromatic carbocycles. The molecule has 52 heavy (non-hydrogen) atoms. The summed E-state index contributed by atoms with van der Waals surface area (Å²) in [6, 6.07) is 44.2. The van der Waals surface area contributed by atoms with Crippen molar-refractivity contribution in [2.45, 2.75) is 0 Å². The molecule has 0 atom stereocenters. The van der Waals surface area contributed by atoms with Crippen molar-refractivity contribution in [3.63, 3.8) is 0 Å². The van der Waals surface area contributed by atoms with E-state index >= 15 is 0 Å². The van der Waals surface area contributed by atoms with Gasteiger partial charge in [0, 0.05) is 39.5 Å². The van der Waals surface area contributed by atoms with Gasteiger partial charge in [-0.2, -0.15) is 15.0 Å². The SMILES string of the molecule is c1ccc(-c2nc(N3c4cnccc4-n4c5ccccc5c5cccc3c54)nc(N3c4cnccc4-n4c5ccccc5c5cccc3c54)n2)cc1. The normalized spacial score (nSPS) is 12.9. The Morgan fingerprint density at radius 3 is 1.38 bits per heavy atom. The van der Waals surface area contributed by atoms with E-state index in [1.54, 1.807) is 0 Å². The topological polar surface area (TPSA) is 80.8 Å². The quantitative estimate of drug-likeness (QED) is 0.186. The lowest BCUT2D eigenvalue weighted by atomic mass is 10.1. The molecule has 0 radical (unpaired) electrons. The fourth-order valence-corrected chi connectivity index (χ4v) is 8.30. The molecule has 7 heterocycles. The molecule has 0 unspecified atom stereocenters. The van der Waals surface area contributed by atoms with Crippen LogP contribution in [0.2, 0.25) is 0 Å². The van der Waals surface area contributed by atoms with Gasteiger partial charge in [0.2, 0.25) is 11.9 Å². The van der Waals surface area contributed by atoms with Crippen LogP contribution in [-0.2, 0) is 0 Å². The molecule has 10 aromatic rings. The van der Waals surface area contributed by atoms with Crippen molar-refractivity contribution in [3.05, 3.63) is 152 Å². The van der Waals surface area contributed by atoms with E-state index in [1.165, 1.54) is 10.8 Å². The van der Waals surface area contributed by atoms with Crippen LogP contribution in [0.15, 0.2) is 152 Å². The zero-order valence-corrected chi connectivity index (χ0v) is 27.5. The average molecular weight is 668 g/mol. The van der Waals surface area contributed by atoms with Gasteiger partial charge < -0.3 is 9.13 Å². The van der Waals surface area contributed by atoms with Crippen LogP contribution in [0.1, 0.15) is 0 Å². The van der Waals surface area contributed by atoms with Crippen molar-refractivity contribution in [3.8, 4) is 22.8 Å². The molecular weight excluding hydrogens is 643 g/mol. The van der Waals surface area contributed by atoms with E-state index in [2.05, 4.69) is 126 Å². The first-order chi connectivity index (χ1) is 25.8. The summed E-state index contributed by atoms with van der Waals surface area (Å²) in [6.07, 6.45) is 7.49. The molecule has 2 aliphatic rings. The zero-order chi connectivity index (χ0) is 33.9. The Morgan fingerprint density at radius 2 is 0.846 bits per heavy atom. The molecule has 0 amide bonds. The number of rotatable bonds is 3. The first-order valence-electron chi connectivity index (χ1n) is 17.2. The maximum atomic E-state index is 5.39. The summed E-state index contributed by atoms with van der Waals surface area (Å²) in [5.41, 5.74) is 11.0.